The van der Waals surface area contributed by atoms with Crippen molar-refractivity contribution in [2.75, 3.05) is 19.7 Å². The topological polar surface area (TPSA) is 38.3 Å². The van der Waals surface area contributed by atoms with Gasteiger partial charge < -0.3 is 10.1 Å². The number of nitrogens with one attached hydrogen (secondary N) is 1. The molecule has 0 bridgehead atoms. The van der Waals surface area contributed by atoms with E-state index in [1.54, 1.807) is 6.08 Å². The van der Waals surface area contributed by atoms with E-state index in [-0.39, 0.29) is 5.97 Å². The first-order chi connectivity index (χ1) is 8.56. The van der Waals surface area contributed by atoms with Crippen LogP contribution in [0.25, 0.3) is 0 Å². The molecule has 98 valence electrons. The number of carbonyl (C=O) groups is 1. The molecule has 1 aromatic rings. The van der Waals surface area contributed by atoms with Crippen LogP contribution >= 0.6 is 67.8 Å². The standard InChI is InChI=1S/C12H12I3NO2/c1-2-3-16-4-5-18-12(17)9-6-8(13)7-10(14)11(9)15/h2,6-7,16H,1,3-5H2. The fourth-order valence-corrected chi connectivity index (χ4v) is 3.58. The smallest absolute Gasteiger partial charge is 0.339 e. The third kappa shape index (κ3) is 5.29. The zero-order valence-electron chi connectivity index (χ0n) is 9.51. The van der Waals surface area contributed by atoms with Gasteiger partial charge in [-0.2, -0.15) is 0 Å². The monoisotopic (exact) mass is 583 g/mol. The van der Waals surface area contributed by atoms with Crippen molar-refractivity contribution >= 4 is 73.7 Å². The Morgan fingerprint density at radius 1 is 1.39 bits per heavy atom. The number of rotatable bonds is 6. The van der Waals surface area contributed by atoms with E-state index < -0.39 is 0 Å². The summed E-state index contributed by atoms with van der Waals surface area (Å²) >= 11 is 6.59. The minimum absolute atomic E-state index is 0.267. The van der Waals surface area contributed by atoms with E-state index >= 15 is 0 Å². The van der Waals surface area contributed by atoms with Crippen LogP contribution in [0, 0.1) is 10.7 Å². The number of esters is 1. The van der Waals surface area contributed by atoms with Crippen molar-refractivity contribution in [1.29, 1.82) is 0 Å². The summed E-state index contributed by atoms with van der Waals surface area (Å²) in [4.78, 5) is 11.9. The molecule has 6 heteroatoms. The van der Waals surface area contributed by atoms with E-state index in [4.69, 9.17) is 4.74 Å². The quantitative estimate of drug-likeness (QED) is 0.184. The molecule has 1 N–H and O–H groups in total. The van der Waals surface area contributed by atoms with Crippen molar-refractivity contribution in [2.45, 2.75) is 0 Å². The van der Waals surface area contributed by atoms with Crippen LogP contribution in [0.1, 0.15) is 10.4 Å². The van der Waals surface area contributed by atoms with Crippen LogP contribution in [0.3, 0.4) is 0 Å². The van der Waals surface area contributed by atoms with Gasteiger partial charge in [0.15, 0.2) is 0 Å². The molecule has 18 heavy (non-hydrogen) atoms. The minimum Gasteiger partial charge on any atom is -0.461 e. The lowest BCUT2D eigenvalue weighted by molar-refractivity contribution is 0.0508. The Kier molecular flexibility index (Phi) is 8.03. The molecule has 0 spiro atoms. The van der Waals surface area contributed by atoms with Gasteiger partial charge >= 0.3 is 5.97 Å². The van der Waals surface area contributed by atoms with Gasteiger partial charge in [-0.3, -0.25) is 0 Å². The third-order valence-corrected chi connectivity index (χ3v) is 5.68. The maximum Gasteiger partial charge on any atom is 0.339 e. The molecule has 0 saturated carbocycles. The number of carbonyl (C=O) groups excluding carboxylic acids is 1. The van der Waals surface area contributed by atoms with Crippen molar-refractivity contribution in [2.24, 2.45) is 0 Å². The molecule has 0 atom stereocenters. The van der Waals surface area contributed by atoms with Gasteiger partial charge in [-0.25, -0.2) is 4.79 Å². The van der Waals surface area contributed by atoms with E-state index in [1.807, 2.05) is 12.1 Å². The van der Waals surface area contributed by atoms with E-state index in [2.05, 4.69) is 79.7 Å². The highest BCUT2D eigenvalue weighted by Crippen LogP contribution is 2.23. The average molecular weight is 583 g/mol. The summed E-state index contributed by atoms with van der Waals surface area (Å²) < 4.78 is 8.26. The molecule has 1 rings (SSSR count). The van der Waals surface area contributed by atoms with Crippen LogP contribution < -0.4 is 5.32 Å². The highest BCUT2D eigenvalue weighted by atomic mass is 127. The molecule has 0 aliphatic heterocycles. The van der Waals surface area contributed by atoms with Gasteiger partial charge in [0, 0.05) is 23.8 Å². The number of hydrogen-bond acceptors (Lipinski definition) is 3. The van der Waals surface area contributed by atoms with Crippen LogP contribution in [0.15, 0.2) is 24.8 Å². The Balaban J connectivity index is 2.59. The molecule has 0 aliphatic rings. The Morgan fingerprint density at radius 2 is 2.11 bits per heavy atom. The van der Waals surface area contributed by atoms with Crippen LogP contribution in [0.4, 0.5) is 0 Å². The summed E-state index contributed by atoms with van der Waals surface area (Å²) in [5.74, 6) is -0.267. The molecule has 0 saturated heterocycles. The highest BCUT2D eigenvalue weighted by molar-refractivity contribution is 14.1. The lowest BCUT2D eigenvalue weighted by Crippen LogP contribution is -2.21. The highest BCUT2D eigenvalue weighted by Gasteiger charge is 2.14. The second-order valence-corrected chi connectivity index (χ2v) is 6.86. The van der Waals surface area contributed by atoms with E-state index in [9.17, 15) is 4.79 Å². The van der Waals surface area contributed by atoms with Gasteiger partial charge in [0.05, 0.1) is 5.56 Å². The zero-order valence-corrected chi connectivity index (χ0v) is 16.0. The summed E-state index contributed by atoms with van der Waals surface area (Å²) in [5, 5.41) is 3.08. The molecule has 0 heterocycles. The maximum absolute atomic E-state index is 11.9. The summed E-state index contributed by atoms with van der Waals surface area (Å²) in [7, 11) is 0. The normalized spacial score (nSPS) is 10.2. The Hall–Kier alpha value is 0.580. The largest absolute Gasteiger partial charge is 0.461 e. The summed E-state index contributed by atoms with van der Waals surface area (Å²) in [6, 6.07) is 3.88. The van der Waals surface area contributed by atoms with Gasteiger partial charge in [-0.15, -0.1) is 6.58 Å². The van der Waals surface area contributed by atoms with Crippen molar-refractivity contribution in [3.8, 4) is 0 Å². The van der Waals surface area contributed by atoms with Crippen LogP contribution in [-0.2, 0) is 4.74 Å². The van der Waals surface area contributed by atoms with Gasteiger partial charge in [0.1, 0.15) is 6.61 Å². The Morgan fingerprint density at radius 3 is 2.78 bits per heavy atom. The third-order valence-electron chi connectivity index (χ3n) is 2.01. The number of hydrogen-bond donors (Lipinski definition) is 1. The van der Waals surface area contributed by atoms with Gasteiger partial charge in [-0.1, -0.05) is 6.08 Å². The first kappa shape index (κ1) is 16.6. The van der Waals surface area contributed by atoms with Crippen LogP contribution in [0.5, 0.6) is 0 Å². The molecule has 0 fully saturated rings. The lowest BCUT2D eigenvalue weighted by atomic mass is 10.2. The SMILES string of the molecule is C=CCNCCOC(=O)c1cc(I)cc(I)c1I. The molecular weight excluding hydrogens is 571 g/mol. The Labute approximate surface area is 148 Å². The Bertz CT molecular complexity index is 449. The van der Waals surface area contributed by atoms with Gasteiger partial charge in [0.25, 0.3) is 0 Å². The molecule has 0 unspecified atom stereocenters. The first-order valence-electron chi connectivity index (χ1n) is 5.19. The summed E-state index contributed by atoms with van der Waals surface area (Å²) in [6.07, 6.45) is 1.77. The molecule has 0 aromatic heterocycles. The van der Waals surface area contributed by atoms with Gasteiger partial charge in [-0.05, 0) is 79.9 Å². The van der Waals surface area contributed by atoms with E-state index in [1.165, 1.54) is 0 Å². The predicted octanol–water partition coefficient (Wildman–Crippen LogP) is 3.43. The van der Waals surface area contributed by atoms with Crippen molar-refractivity contribution in [3.63, 3.8) is 0 Å². The predicted molar refractivity (Wildman–Crippen MR) is 97.9 cm³/mol. The number of halogens is 3. The molecule has 1 aromatic carbocycles. The van der Waals surface area contributed by atoms with Crippen molar-refractivity contribution in [3.05, 3.63) is 41.1 Å². The molecule has 0 radical (unpaired) electrons. The second-order valence-electron chi connectivity index (χ2n) is 3.38. The fourth-order valence-electron chi connectivity index (χ4n) is 1.20. The van der Waals surface area contributed by atoms with Crippen molar-refractivity contribution < 1.29 is 9.53 Å². The lowest BCUT2D eigenvalue weighted by Gasteiger charge is -2.08. The molecule has 0 aliphatic carbocycles. The van der Waals surface area contributed by atoms with Crippen LogP contribution in [0.2, 0.25) is 0 Å². The molecule has 3 nitrogen and oxygen atoms in total. The fraction of sp³-hybridized carbons (Fsp3) is 0.250. The molecular formula is C12H12I3NO2. The van der Waals surface area contributed by atoms with E-state index in [0.29, 0.717) is 18.7 Å². The van der Waals surface area contributed by atoms with Crippen molar-refractivity contribution in [1.82, 2.24) is 5.32 Å². The second kappa shape index (κ2) is 8.69. The number of ether oxygens (including phenoxy) is 1. The average Bonchev–Trinajstić information content (AvgIpc) is 2.33. The molecule has 0 amide bonds. The first-order valence-corrected chi connectivity index (χ1v) is 8.43. The number of benzene rings is 1. The summed E-state index contributed by atoms with van der Waals surface area (Å²) in [6.45, 7) is 5.32. The maximum atomic E-state index is 11.9. The minimum atomic E-state index is -0.267. The zero-order chi connectivity index (χ0) is 13.5. The summed E-state index contributed by atoms with van der Waals surface area (Å²) in [5.41, 5.74) is 0.635. The van der Waals surface area contributed by atoms with Gasteiger partial charge in [0.2, 0.25) is 0 Å². The van der Waals surface area contributed by atoms with Crippen LogP contribution in [-0.4, -0.2) is 25.7 Å². The van der Waals surface area contributed by atoms with E-state index in [0.717, 1.165) is 17.3 Å².